The van der Waals surface area contributed by atoms with E-state index in [9.17, 15) is 4.39 Å². The molecule has 0 aliphatic rings. The van der Waals surface area contributed by atoms with Gasteiger partial charge in [0.2, 0.25) is 0 Å². The molecular weight excluding hydrogens is 255 g/mol. The summed E-state index contributed by atoms with van der Waals surface area (Å²) in [6, 6.07) is 5.17. The molecule has 0 aliphatic carbocycles. The van der Waals surface area contributed by atoms with Crippen LogP contribution in [0.3, 0.4) is 0 Å². The Kier molecular flexibility index (Phi) is 5.88. The van der Waals surface area contributed by atoms with Gasteiger partial charge >= 0.3 is 0 Å². The number of hydrogen-bond donors (Lipinski definition) is 1. The Hall–Kier alpha value is -0.650. The van der Waals surface area contributed by atoms with Crippen molar-refractivity contribution in [3.63, 3.8) is 0 Å². The molecule has 0 saturated carbocycles. The van der Waals surface area contributed by atoms with Crippen molar-refractivity contribution in [2.45, 2.75) is 6.54 Å². The molecule has 0 amide bonds. The van der Waals surface area contributed by atoms with Gasteiger partial charge in [0.1, 0.15) is 10.8 Å². The van der Waals surface area contributed by atoms with E-state index in [4.69, 9.17) is 18.0 Å². The monoisotopic (exact) mass is 272 g/mol. The average molecular weight is 272 g/mol. The van der Waals surface area contributed by atoms with Gasteiger partial charge in [0.25, 0.3) is 0 Å². The highest BCUT2D eigenvalue weighted by Gasteiger charge is 2.11. The van der Waals surface area contributed by atoms with Crippen molar-refractivity contribution in [2.75, 3.05) is 25.6 Å². The molecule has 0 fully saturated rings. The third-order valence-electron chi connectivity index (χ3n) is 2.46. The number of rotatable bonds is 6. The first-order chi connectivity index (χ1) is 8.06. The van der Waals surface area contributed by atoms with E-state index in [0.29, 0.717) is 17.7 Å². The van der Waals surface area contributed by atoms with Crippen molar-refractivity contribution in [1.29, 1.82) is 0 Å². The zero-order valence-electron chi connectivity index (χ0n) is 10.1. The summed E-state index contributed by atoms with van der Waals surface area (Å²) >= 11 is 6.59. The van der Waals surface area contributed by atoms with Crippen LogP contribution in [-0.2, 0) is 6.54 Å². The fourth-order valence-corrected chi connectivity index (χ4v) is 2.16. The summed E-state index contributed by atoms with van der Waals surface area (Å²) in [5.74, 6) is 0.739. The molecule has 0 bridgehead atoms. The van der Waals surface area contributed by atoms with Gasteiger partial charge in [-0.15, -0.1) is 0 Å². The molecule has 0 spiro atoms. The van der Waals surface area contributed by atoms with E-state index in [-0.39, 0.29) is 10.8 Å². The Bertz CT molecular complexity index is 396. The van der Waals surface area contributed by atoms with E-state index in [1.54, 1.807) is 30.0 Å². The summed E-state index contributed by atoms with van der Waals surface area (Å²) in [6.07, 6.45) is 2.06. The van der Waals surface area contributed by atoms with Gasteiger partial charge in [0, 0.05) is 30.0 Å². The molecule has 0 radical (unpaired) electrons. The third-order valence-corrected chi connectivity index (χ3v) is 3.27. The van der Waals surface area contributed by atoms with E-state index in [2.05, 4.69) is 11.2 Å². The van der Waals surface area contributed by atoms with Crippen LogP contribution in [0.5, 0.6) is 0 Å². The minimum atomic E-state index is -0.295. The molecular formula is C12H17FN2S2. The quantitative estimate of drug-likeness (QED) is 0.804. The zero-order chi connectivity index (χ0) is 12.8. The first kappa shape index (κ1) is 14.4. The molecule has 0 heterocycles. The highest BCUT2D eigenvalue weighted by Crippen LogP contribution is 2.14. The molecule has 1 rings (SSSR count). The predicted molar refractivity (Wildman–Crippen MR) is 77.0 cm³/mol. The first-order valence-electron chi connectivity index (χ1n) is 5.31. The number of nitrogens with two attached hydrogens (primary N) is 1. The number of thioether (sulfide) groups is 1. The van der Waals surface area contributed by atoms with Crippen LogP contribution < -0.4 is 5.73 Å². The van der Waals surface area contributed by atoms with Crippen molar-refractivity contribution in [2.24, 2.45) is 5.73 Å². The van der Waals surface area contributed by atoms with Crippen molar-refractivity contribution in [1.82, 2.24) is 4.90 Å². The highest BCUT2D eigenvalue weighted by atomic mass is 32.2. The molecule has 5 heteroatoms. The van der Waals surface area contributed by atoms with Gasteiger partial charge in [0.15, 0.2) is 0 Å². The molecule has 2 nitrogen and oxygen atoms in total. The lowest BCUT2D eigenvalue weighted by molar-refractivity contribution is 0.342. The molecule has 1 aromatic carbocycles. The van der Waals surface area contributed by atoms with Gasteiger partial charge in [-0.25, -0.2) is 4.39 Å². The largest absolute Gasteiger partial charge is 0.389 e. The summed E-state index contributed by atoms with van der Waals surface area (Å²) in [5.41, 5.74) is 6.44. The molecule has 0 saturated heterocycles. The van der Waals surface area contributed by atoms with Crippen molar-refractivity contribution < 1.29 is 4.39 Å². The summed E-state index contributed by atoms with van der Waals surface area (Å²) in [4.78, 5) is 2.19. The highest BCUT2D eigenvalue weighted by molar-refractivity contribution is 7.98. The maximum Gasteiger partial charge on any atom is 0.137 e. The molecule has 2 N–H and O–H groups in total. The lowest BCUT2D eigenvalue weighted by Crippen LogP contribution is -2.22. The van der Waals surface area contributed by atoms with E-state index in [1.165, 1.54) is 0 Å². The smallest absolute Gasteiger partial charge is 0.137 e. The summed E-state index contributed by atoms with van der Waals surface area (Å²) in [5, 5.41) is 0. The van der Waals surface area contributed by atoms with Crippen LogP contribution in [0.4, 0.5) is 4.39 Å². The second-order valence-electron chi connectivity index (χ2n) is 3.87. The second kappa shape index (κ2) is 6.93. The SMILES string of the molecule is CSCCN(C)Cc1cccc(C(N)=S)c1F. The number of thiocarbonyl (C=S) groups is 1. The van der Waals surface area contributed by atoms with Crippen LogP contribution in [0.2, 0.25) is 0 Å². The Morgan fingerprint density at radius 2 is 2.24 bits per heavy atom. The van der Waals surface area contributed by atoms with Crippen LogP contribution in [-0.4, -0.2) is 35.5 Å². The van der Waals surface area contributed by atoms with Crippen molar-refractivity contribution in [3.8, 4) is 0 Å². The maximum absolute atomic E-state index is 14.0. The fraction of sp³-hybridized carbons (Fsp3) is 0.417. The van der Waals surface area contributed by atoms with E-state index < -0.39 is 0 Å². The summed E-state index contributed by atoms with van der Waals surface area (Å²) in [7, 11) is 1.98. The fourth-order valence-electron chi connectivity index (χ4n) is 1.51. The topological polar surface area (TPSA) is 29.3 Å². The lowest BCUT2D eigenvalue weighted by atomic mass is 10.1. The Labute approximate surface area is 111 Å². The third kappa shape index (κ3) is 4.26. The van der Waals surface area contributed by atoms with Gasteiger partial charge in [-0.2, -0.15) is 11.8 Å². The van der Waals surface area contributed by atoms with E-state index >= 15 is 0 Å². The Balaban J connectivity index is 2.77. The number of halogens is 1. The van der Waals surface area contributed by atoms with Crippen LogP contribution in [0.15, 0.2) is 18.2 Å². The number of hydrogen-bond acceptors (Lipinski definition) is 3. The minimum absolute atomic E-state index is 0.108. The zero-order valence-corrected chi connectivity index (χ0v) is 11.7. The number of nitrogens with zero attached hydrogens (tertiary/aromatic N) is 1. The van der Waals surface area contributed by atoms with E-state index in [1.807, 2.05) is 7.05 Å². The molecule has 94 valence electrons. The van der Waals surface area contributed by atoms with Crippen LogP contribution >= 0.6 is 24.0 Å². The van der Waals surface area contributed by atoms with Gasteiger partial charge in [-0.05, 0) is 19.4 Å². The normalized spacial score (nSPS) is 10.8. The van der Waals surface area contributed by atoms with Gasteiger partial charge in [-0.3, -0.25) is 0 Å². The molecule has 17 heavy (non-hydrogen) atoms. The standard InChI is InChI=1S/C12H17FN2S2/c1-15(6-7-17-2)8-9-4-3-5-10(11(9)13)12(14)16/h3-5H,6-8H2,1-2H3,(H2,14,16). The maximum atomic E-state index is 14.0. The number of benzene rings is 1. The van der Waals surface area contributed by atoms with Crippen LogP contribution in [0.1, 0.15) is 11.1 Å². The second-order valence-corrected chi connectivity index (χ2v) is 5.30. The molecule has 0 atom stereocenters. The van der Waals surface area contributed by atoms with Crippen LogP contribution in [0, 0.1) is 5.82 Å². The van der Waals surface area contributed by atoms with Gasteiger partial charge in [0.05, 0.1) is 0 Å². The Morgan fingerprint density at radius 1 is 1.53 bits per heavy atom. The molecule has 1 aromatic rings. The minimum Gasteiger partial charge on any atom is -0.389 e. The average Bonchev–Trinajstić information content (AvgIpc) is 2.28. The molecule has 0 aromatic heterocycles. The molecule has 0 aliphatic heterocycles. The predicted octanol–water partition coefficient (Wildman–Crippen LogP) is 2.25. The Morgan fingerprint density at radius 3 is 2.82 bits per heavy atom. The van der Waals surface area contributed by atoms with Gasteiger partial charge < -0.3 is 10.6 Å². The summed E-state index contributed by atoms with van der Waals surface area (Å²) < 4.78 is 14.0. The van der Waals surface area contributed by atoms with Crippen molar-refractivity contribution in [3.05, 3.63) is 35.1 Å². The van der Waals surface area contributed by atoms with Crippen LogP contribution in [0.25, 0.3) is 0 Å². The van der Waals surface area contributed by atoms with Crippen molar-refractivity contribution >= 4 is 29.0 Å². The summed E-state index contributed by atoms with van der Waals surface area (Å²) in [6.45, 7) is 1.50. The van der Waals surface area contributed by atoms with Gasteiger partial charge in [-0.1, -0.05) is 24.4 Å². The molecule has 0 unspecified atom stereocenters. The first-order valence-corrected chi connectivity index (χ1v) is 7.11. The van der Waals surface area contributed by atoms with E-state index in [0.717, 1.165) is 12.3 Å². The lowest BCUT2D eigenvalue weighted by Gasteiger charge is -2.17.